The number of hydrogen-bond donors (Lipinski definition) is 3. The van der Waals surface area contributed by atoms with Crippen molar-refractivity contribution in [2.45, 2.75) is 6.92 Å². The highest BCUT2D eigenvalue weighted by Gasteiger charge is 2.09. The topological polar surface area (TPSA) is 105 Å². The van der Waals surface area contributed by atoms with Crippen LogP contribution in [0, 0.1) is 12.7 Å². The average Bonchev–Trinajstić information content (AvgIpc) is 3.47. The van der Waals surface area contributed by atoms with Crippen LogP contribution in [0.1, 0.15) is 21.5 Å². The number of anilines is 3. The first-order chi connectivity index (χ1) is 20.4. The number of thiazole rings is 1. The van der Waals surface area contributed by atoms with Gasteiger partial charge in [0.25, 0.3) is 11.8 Å². The molecule has 0 saturated carbocycles. The van der Waals surface area contributed by atoms with E-state index in [1.807, 2.05) is 48.7 Å². The van der Waals surface area contributed by atoms with Crippen LogP contribution >= 0.6 is 11.3 Å². The summed E-state index contributed by atoms with van der Waals surface area (Å²) in [5.41, 5.74) is 8.09. The predicted octanol–water partition coefficient (Wildman–Crippen LogP) is 6.78. The molecule has 0 atom stereocenters. The molecule has 10 heteroatoms. The number of nitrogens with one attached hydrogen (secondary N) is 3. The third-order valence-electron chi connectivity index (χ3n) is 6.01. The molecule has 42 heavy (non-hydrogen) atoms. The van der Waals surface area contributed by atoms with Gasteiger partial charge in [0.1, 0.15) is 11.6 Å². The van der Waals surface area contributed by atoms with Gasteiger partial charge in [0.05, 0.1) is 11.9 Å². The number of hydrogen-bond acceptors (Lipinski definition) is 7. The second kappa shape index (κ2) is 13.3. The predicted molar refractivity (Wildman–Crippen MR) is 164 cm³/mol. The van der Waals surface area contributed by atoms with Crippen molar-refractivity contribution in [1.29, 1.82) is 0 Å². The minimum Gasteiger partial charge on any atom is -0.484 e. The number of nitrogens with zero attached hydrogens (tertiary/aromatic N) is 2. The Balaban J connectivity index is 1.08. The SMILES string of the molecule is Cc1ccc(Nc2nc(-c3ccc(C(=O)N/N=C/c4ccc(OCC(=O)Nc5ccc(F)cc5)cc4)cc3)cs2)cc1. The summed E-state index contributed by atoms with van der Waals surface area (Å²) in [5.74, 6) is -0.599. The number of aryl methyl sites for hydroxylation is 1. The summed E-state index contributed by atoms with van der Waals surface area (Å²) in [6, 6.07) is 27.6. The number of carbonyl (C=O) groups excluding carboxylic acids is 2. The average molecular weight is 580 g/mol. The summed E-state index contributed by atoms with van der Waals surface area (Å²) in [6.07, 6.45) is 1.51. The van der Waals surface area contributed by atoms with Crippen molar-refractivity contribution in [2.24, 2.45) is 5.10 Å². The van der Waals surface area contributed by atoms with Crippen molar-refractivity contribution in [3.8, 4) is 17.0 Å². The number of rotatable bonds is 10. The van der Waals surface area contributed by atoms with E-state index in [9.17, 15) is 14.0 Å². The number of aromatic nitrogens is 1. The van der Waals surface area contributed by atoms with Gasteiger partial charge in [0.2, 0.25) is 0 Å². The van der Waals surface area contributed by atoms with Crippen LogP contribution < -0.4 is 20.8 Å². The van der Waals surface area contributed by atoms with E-state index in [-0.39, 0.29) is 24.2 Å². The van der Waals surface area contributed by atoms with Crippen molar-refractivity contribution in [2.75, 3.05) is 17.2 Å². The Morgan fingerprint density at radius 2 is 1.60 bits per heavy atom. The van der Waals surface area contributed by atoms with Crippen molar-refractivity contribution in [3.63, 3.8) is 0 Å². The van der Waals surface area contributed by atoms with Crippen molar-refractivity contribution >= 4 is 45.9 Å². The summed E-state index contributed by atoms with van der Waals surface area (Å²) >= 11 is 1.51. The zero-order valence-corrected chi connectivity index (χ0v) is 23.3. The van der Waals surface area contributed by atoms with Crippen LogP contribution in [0.25, 0.3) is 11.3 Å². The molecule has 0 aliphatic carbocycles. The van der Waals surface area contributed by atoms with Gasteiger partial charge in [-0.1, -0.05) is 29.8 Å². The van der Waals surface area contributed by atoms with E-state index in [0.717, 1.165) is 27.6 Å². The Hall–Kier alpha value is -5.35. The molecule has 210 valence electrons. The molecule has 4 aromatic carbocycles. The summed E-state index contributed by atoms with van der Waals surface area (Å²) in [7, 11) is 0. The molecule has 8 nitrogen and oxygen atoms in total. The lowest BCUT2D eigenvalue weighted by molar-refractivity contribution is -0.118. The van der Waals surface area contributed by atoms with Crippen LogP contribution in [0.2, 0.25) is 0 Å². The molecule has 2 amide bonds. The molecule has 0 bridgehead atoms. The second-order valence-corrected chi connectivity index (χ2v) is 10.1. The number of hydrazone groups is 1. The molecule has 0 spiro atoms. The second-order valence-electron chi connectivity index (χ2n) is 9.22. The molecule has 5 aromatic rings. The lowest BCUT2D eigenvalue weighted by Gasteiger charge is -2.07. The first-order valence-electron chi connectivity index (χ1n) is 12.9. The monoisotopic (exact) mass is 579 g/mol. The Labute approximate surface area is 245 Å². The molecule has 1 aromatic heterocycles. The highest BCUT2D eigenvalue weighted by Crippen LogP contribution is 2.27. The lowest BCUT2D eigenvalue weighted by Crippen LogP contribution is -2.20. The number of ether oxygens (including phenoxy) is 1. The van der Waals surface area contributed by atoms with Gasteiger partial charge in [0.15, 0.2) is 11.7 Å². The van der Waals surface area contributed by atoms with Crippen LogP contribution in [-0.4, -0.2) is 29.6 Å². The Kier molecular flexibility index (Phi) is 8.95. The maximum atomic E-state index is 13.0. The maximum absolute atomic E-state index is 13.0. The molecule has 0 aliphatic rings. The molecule has 0 aliphatic heterocycles. The minimum absolute atomic E-state index is 0.201. The fourth-order valence-electron chi connectivity index (χ4n) is 3.78. The van der Waals surface area contributed by atoms with Crippen molar-refractivity contribution in [3.05, 3.63) is 125 Å². The number of benzene rings is 4. The van der Waals surface area contributed by atoms with Gasteiger partial charge in [-0.25, -0.2) is 14.8 Å². The fraction of sp³-hybridized carbons (Fsp3) is 0.0625. The number of carbonyl (C=O) groups is 2. The molecule has 3 N–H and O–H groups in total. The zero-order chi connectivity index (χ0) is 29.3. The van der Waals surface area contributed by atoms with Gasteiger partial charge in [-0.15, -0.1) is 11.3 Å². The third-order valence-corrected chi connectivity index (χ3v) is 6.77. The molecular weight excluding hydrogens is 553 g/mol. The van der Waals surface area contributed by atoms with Gasteiger partial charge in [0, 0.05) is 27.9 Å². The van der Waals surface area contributed by atoms with Gasteiger partial charge in [-0.2, -0.15) is 5.10 Å². The Bertz CT molecular complexity index is 1680. The molecule has 0 saturated heterocycles. The van der Waals surface area contributed by atoms with E-state index in [1.54, 1.807) is 36.4 Å². The van der Waals surface area contributed by atoms with Gasteiger partial charge >= 0.3 is 0 Å². The van der Waals surface area contributed by atoms with Gasteiger partial charge in [-0.3, -0.25) is 9.59 Å². The number of halogens is 1. The van der Waals surface area contributed by atoms with Crippen LogP contribution in [0.5, 0.6) is 5.75 Å². The lowest BCUT2D eigenvalue weighted by atomic mass is 10.1. The van der Waals surface area contributed by atoms with E-state index in [0.29, 0.717) is 17.0 Å². The van der Waals surface area contributed by atoms with Gasteiger partial charge in [-0.05, 0) is 85.3 Å². The largest absolute Gasteiger partial charge is 0.484 e. The minimum atomic E-state index is -0.379. The Morgan fingerprint density at radius 1 is 0.905 bits per heavy atom. The Morgan fingerprint density at radius 3 is 2.31 bits per heavy atom. The first kappa shape index (κ1) is 28.2. The van der Waals surface area contributed by atoms with Crippen molar-refractivity contribution < 1.29 is 18.7 Å². The molecule has 0 fully saturated rings. The van der Waals surface area contributed by atoms with E-state index in [2.05, 4.69) is 26.1 Å². The maximum Gasteiger partial charge on any atom is 0.271 e. The molecule has 0 radical (unpaired) electrons. The highest BCUT2D eigenvalue weighted by atomic mass is 32.1. The van der Waals surface area contributed by atoms with E-state index < -0.39 is 0 Å². The first-order valence-corrected chi connectivity index (χ1v) is 13.8. The zero-order valence-electron chi connectivity index (χ0n) is 22.5. The highest BCUT2D eigenvalue weighted by molar-refractivity contribution is 7.14. The third kappa shape index (κ3) is 7.86. The quantitative estimate of drug-likeness (QED) is 0.125. The normalized spacial score (nSPS) is 10.8. The molecule has 1 heterocycles. The van der Waals surface area contributed by atoms with Crippen molar-refractivity contribution in [1.82, 2.24) is 10.4 Å². The number of amides is 2. The smallest absolute Gasteiger partial charge is 0.271 e. The summed E-state index contributed by atoms with van der Waals surface area (Å²) in [6.45, 7) is 1.84. The van der Waals surface area contributed by atoms with E-state index >= 15 is 0 Å². The van der Waals surface area contributed by atoms with Crippen LogP contribution in [-0.2, 0) is 4.79 Å². The molecule has 5 rings (SSSR count). The summed E-state index contributed by atoms with van der Waals surface area (Å²) in [5, 5.41) is 12.7. The van der Waals surface area contributed by atoms with E-state index in [1.165, 1.54) is 47.4 Å². The van der Waals surface area contributed by atoms with Crippen LogP contribution in [0.3, 0.4) is 0 Å². The van der Waals surface area contributed by atoms with Crippen LogP contribution in [0.4, 0.5) is 20.9 Å². The van der Waals surface area contributed by atoms with E-state index in [4.69, 9.17) is 4.74 Å². The molecule has 0 unspecified atom stereocenters. The molecular formula is C32H26FN5O3S. The fourth-order valence-corrected chi connectivity index (χ4v) is 4.52. The summed E-state index contributed by atoms with van der Waals surface area (Å²) < 4.78 is 18.5. The summed E-state index contributed by atoms with van der Waals surface area (Å²) in [4.78, 5) is 29.2. The van der Waals surface area contributed by atoms with Crippen LogP contribution in [0.15, 0.2) is 108 Å². The van der Waals surface area contributed by atoms with Gasteiger partial charge < -0.3 is 15.4 Å². The standard InChI is InChI=1S/C32H26FN5O3S/c1-21-2-12-27(13-3-21)36-32-37-29(20-42-32)23-6-8-24(9-7-23)31(40)38-34-18-22-4-16-28(17-5-22)41-19-30(39)35-26-14-10-25(33)11-15-26/h2-18,20H,19H2,1H3,(H,35,39)(H,36,37)(H,38,40)/b34-18+.